The van der Waals surface area contributed by atoms with Crippen LogP contribution in [0.15, 0.2) is 61.8 Å². The summed E-state index contributed by atoms with van der Waals surface area (Å²) in [5.41, 5.74) is 1.01. The Morgan fingerprint density at radius 2 is 1.50 bits per heavy atom. The molecule has 0 radical (unpaired) electrons. The van der Waals surface area contributed by atoms with Gasteiger partial charge in [-0.25, -0.2) is 0 Å². The summed E-state index contributed by atoms with van der Waals surface area (Å²) in [5, 5.41) is 0. The van der Waals surface area contributed by atoms with Crippen molar-refractivity contribution in [1.29, 1.82) is 0 Å². The Kier molecular flexibility index (Phi) is 5.07. The fourth-order valence-corrected chi connectivity index (χ4v) is 0.465. The van der Waals surface area contributed by atoms with E-state index in [2.05, 4.69) is 19.7 Å². The third-order valence-electron chi connectivity index (χ3n) is 1.01. The molecule has 0 aliphatic rings. The molecule has 0 aliphatic heterocycles. The van der Waals surface area contributed by atoms with Gasteiger partial charge in [0.25, 0.3) is 0 Å². The lowest BCUT2D eigenvalue weighted by molar-refractivity contribution is 1.72. The van der Waals surface area contributed by atoms with Crippen molar-refractivity contribution in [2.75, 3.05) is 0 Å². The monoisotopic (exact) mass is 132 g/mol. The summed E-state index contributed by atoms with van der Waals surface area (Å²) in [6.45, 7) is 10.8. The normalized spacial score (nSPS) is 8.80. The molecule has 0 aromatic carbocycles. The minimum absolute atomic E-state index is 1.01. The third-order valence-corrected chi connectivity index (χ3v) is 1.01. The quantitative estimate of drug-likeness (QED) is 0.516. The molecule has 0 heteroatoms. The second-order valence-electron chi connectivity index (χ2n) is 1.70. The van der Waals surface area contributed by atoms with Crippen LogP contribution in [0, 0.1) is 0 Å². The highest BCUT2D eigenvalue weighted by Gasteiger charge is 1.75. The van der Waals surface area contributed by atoms with Crippen molar-refractivity contribution in [3.63, 3.8) is 0 Å². The van der Waals surface area contributed by atoms with Gasteiger partial charge in [-0.15, -0.1) is 0 Å². The maximum Gasteiger partial charge on any atom is -0.0268 e. The van der Waals surface area contributed by atoms with Crippen LogP contribution in [-0.2, 0) is 0 Å². The van der Waals surface area contributed by atoms with Crippen molar-refractivity contribution in [2.45, 2.75) is 0 Å². The average molecular weight is 132 g/mol. The van der Waals surface area contributed by atoms with Crippen LogP contribution in [0.1, 0.15) is 0 Å². The molecule has 10 heavy (non-hydrogen) atoms. The standard InChI is InChI=1S/C10H12/c1-4-7-8-9-10(5-2)6-3/h4-9H,1-3H2/b8-7-. The molecule has 0 aromatic rings. The molecule has 0 saturated heterocycles. The molecule has 0 unspecified atom stereocenters. The van der Waals surface area contributed by atoms with Gasteiger partial charge in [0.2, 0.25) is 0 Å². The zero-order chi connectivity index (χ0) is 7.82. The van der Waals surface area contributed by atoms with Gasteiger partial charge in [0, 0.05) is 0 Å². The molecule has 0 amide bonds. The summed E-state index contributed by atoms with van der Waals surface area (Å²) < 4.78 is 0. The highest BCUT2D eigenvalue weighted by atomic mass is 13.8. The molecule has 0 aromatic heterocycles. The van der Waals surface area contributed by atoms with E-state index in [0.29, 0.717) is 0 Å². The molecule has 0 rings (SSSR count). The minimum atomic E-state index is 1.01. The highest BCUT2D eigenvalue weighted by molar-refractivity contribution is 5.31. The largest absolute Gasteiger partial charge is 0.0991 e. The van der Waals surface area contributed by atoms with Gasteiger partial charge in [-0.05, 0) is 5.57 Å². The highest BCUT2D eigenvalue weighted by Crippen LogP contribution is 1.95. The van der Waals surface area contributed by atoms with Gasteiger partial charge in [0.15, 0.2) is 0 Å². The van der Waals surface area contributed by atoms with Crippen LogP contribution in [0.25, 0.3) is 0 Å². The van der Waals surface area contributed by atoms with Gasteiger partial charge >= 0.3 is 0 Å². The van der Waals surface area contributed by atoms with E-state index in [1.165, 1.54) is 0 Å². The molecule has 0 saturated carbocycles. The summed E-state index contributed by atoms with van der Waals surface area (Å²) in [4.78, 5) is 0. The first-order valence-corrected chi connectivity index (χ1v) is 3.09. The first-order valence-electron chi connectivity index (χ1n) is 3.09. The van der Waals surface area contributed by atoms with Gasteiger partial charge in [-0.1, -0.05) is 56.2 Å². The van der Waals surface area contributed by atoms with Crippen molar-refractivity contribution in [2.24, 2.45) is 0 Å². The Bertz CT molecular complexity index is 170. The maximum absolute atomic E-state index is 3.61. The summed E-state index contributed by atoms with van der Waals surface area (Å²) >= 11 is 0. The summed E-state index contributed by atoms with van der Waals surface area (Å²) in [5.74, 6) is 0. The summed E-state index contributed by atoms with van der Waals surface area (Å²) in [6.07, 6.45) is 10.9. The Morgan fingerprint density at radius 1 is 0.900 bits per heavy atom. The lowest BCUT2D eigenvalue weighted by Gasteiger charge is -1.84. The zero-order valence-corrected chi connectivity index (χ0v) is 6.09. The number of hydrogen-bond acceptors (Lipinski definition) is 0. The van der Waals surface area contributed by atoms with Crippen LogP contribution in [-0.4, -0.2) is 0 Å². The van der Waals surface area contributed by atoms with Crippen LogP contribution in [0.2, 0.25) is 0 Å². The first kappa shape index (κ1) is 8.70. The van der Waals surface area contributed by atoms with E-state index < -0.39 is 0 Å². The molecule has 0 bridgehead atoms. The second kappa shape index (κ2) is 5.83. The van der Waals surface area contributed by atoms with E-state index in [0.717, 1.165) is 5.57 Å². The number of hydrogen-bond donors (Lipinski definition) is 0. The van der Waals surface area contributed by atoms with Gasteiger partial charge < -0.3 is 0 Å². The molecular formula is C10H12. The van der Waals surface area contributed by atoms with Crippen LogP contribution < -0.4 is 0 Å². The Labute approximate surface area is 62.6 Å². The Hall–Kier alpha value is -1.30. The molecule has 0 nitrogen and oxygen atoms in total. The van der Waals surface area contributed by atoms with E-state index in [4.69, 9.17) is 0 Å². The molecule has 0 spiro atoms. The maximum atomic E-state index is 3.61. The van der Waals surface area contributed by atoms with Gasteiger partial charge in [0.1, 0.15) is 0 Å². The number of allylic oxidation sites excluding steroid dienone is 7. The van der Waals surface area contributed by atoms with Gasteiger partial charge in [0.05, 0.1) is 0 Å². The molecule has 52 valence electrons. The lowest BCUT2D eigenvalue weighted by atomic mass is 10.2. The first-order chi connectivity index (χ1) is 4.85. The Balaban J connectivity index is 4.10. The van der Waals surface area contributed by atoms with E-state index >= 15 is 0 Å². The van der Waals surface area contributed by atoms with Gasteiger partial charge in [-0.2, -0.15) is 0 Å². The van der Waals surface area contributed by atoms with Crippen molar-refractivity contribution in [1.82, 2.24) is 0 Å². The predicted octanol–water partition coefficient (Wildman–Crippen LogP) is 3.03. The van der Waals surface area contributed by atoms with E-state index in [1.54, 1.807) is 18.2 Å². The zero-order valence-electron chi connectivity index (χ0n) is 6.09. The molecule has 0 N–H and O–H groups in total. The van der Waals surface area contributed by atoms with Crippen LogP contribution in [0.4, 0.5) is 0 Å². The molecule has 0 heterocycles. The SMILES string of the molecule is C=C/C=C\C=C(C=C)C=C. The van der Waals surface area contributed by atoms with Gasteiger partial charge in [-0.3, -0.25) is 0 Å². The van der Waals surface area contributed by atoms with E-state index in [1.807, 2.05) is 18.2 Å². The van der Waals surface area contributed by atoms with Crippen LogP contribution >= 0.6 is 0 Å². The second-order valence-corrected chi connectivity index (χ2v) is 1.70. The summed E-state index contributed by atoms with van der Waals surface area (Å²) in [6, 6.07) is 0. The predicted molar refractivity (Wildman–Crippen MR) is 47.8 cm³/mol. The van der Waals surface area contributed by atoms with E-state index in [9.17, 15) is 0 Å². The smallest absolute Gasteiger partial charge is 0.0268 e. The Morgan fingerprint density at radius 3 is 1.90 bits per heavy atom. The fourth-order valence-electron chi connectivity index (χ4n) is 0.465. The molecule has 0 aliphatic carbocycles. The third kappa shape index (κ3) is 3.67. The van der Waals surface area contributed by atoms with E-state index in [-0.39, 0.29) is 0 Å². The minimum Gasteiger partial charge on any atom is -0.0991 e. The average Bonchev–Trinajstić information content (AvgIpc) is 1.99. The van der Waals surface area contributed by atoms with Crippen molar-refractivity contribution >= 4 is 0 Å². The number of rotatable bonds is 4. The lowest BCUT2D eigenvalue weighted by Crippen LogP contribution is -1.64. The van der Waals surface area contributed by atoms with Crippen LogP contribution in [0.5, 0.6) is 0 Å². The topological polar surface area (TPSA) is 0 Å². The summed E-state index contributed by atoms with van der Waals surface area (Å²) in [7, 11) is 0. The van der Waals surface area contributed by atoms with Crippen LogP contribution in [0.3, 0.4) is 0 Å². The van der Waals surface area contributed by atoms with Crippen molar-refractivity contribution in [3.05, 3.63) is 61.8 Å². The molecular weight excluding hydrogens is 120 g/mol. The molecule has 0 atom stereocenters. The van der Waals surface area contributed by atoms with Crippen molar-refractivity contribution in [3.8, 4) is 0 Å². The molecule has 0 fully saturated rings. The van der Waals surface area contributed by atoms with Crippen molar-refractivity contribution < 1.29 is 0 Å². The fraction of sp³-hybridized carbons (Fsp3) is 0.